The number of carbonyl (C=O) groups is 2. The Balaban J connectivity index is 1.81. The van der Waals surface area contributed by atoms with E-state index in [4.69, 9.17) is 0 Å². The van der Waals surface area contributed by atoms with E-state index in [-0.39, 0.29) is 16.7 Å². The summed E-state index contributed by atoms with van der Waals surface area (Å²) >= 11 is 0. The average molecular weight is 430 g/mol. The van der Waals surface area contributed by atoms with Crippen LogP contribution in [0.25, 0.3) is 0 Å². The first-order chi connectivity index (χ1) is 14.3. The van der Waals surface area contributed by atoms with E-state index in [0.29, 0.717) is 36.4 Å². The third-order valence-electron chi connectivity index (χ3n) is 5.14. The number of hydrogen-bond donors (Lipinski definition) is 2. The van der Waals surface area contributed by atoms with Gasteiger partial charge in [-0.1, -0.05) is 25.5 Å². The molecule has 1 aliphatic heterocycles. The Hall–Kier alpha value is -2.71. The Kier molecular flexibility index (Phi) is 6.89. The van der Waals surface area contributed by atoms with Crippen molar-refractivity contribution in [2.45, 2.75) is 44.4 Å². The molecular weight excluding hydrogens is 402 g/mol. The number of rotatable bonds is 6. The van der Waals surface area contributed by atoms with Gasteiger partial charge in [0.05, 0.1) is 4.90 Å². The van der Waals surface area contributed by atoms with E-state index >= 15 is 0 Å². The number of hydrogen-bond acceptors (Lipinski definition) is 4. The maximum Gasteiger partial charge on any atom is 0.255 e. The molecule has 0 spiro atoms. The van der Waals surface area contributed by atoms with Gasteiger partial charge in [0, 0.05) is 36.4 Å². The van der Waals surface area contributed by atoms with E-state index in [2.05, 4.69) is 10.6 Å². The van der Waals surface area contributed by atoms with E-state index in [0.717, 1.165) is 24.8 Å². The van der Waals surface area contributed by atoms with Crippen LogP contribution in [0.4, 0.5) is 11.4 Å². The molecule has 1 heterocycles. The summed E-state index contributed by atoms with van der Waals surface area (Å²) in [5, 5.41) is 5.53. The molecule has 0 aromatic heterocycles. The van der Waals surface area contributed by atoms with Crippen molar-refractivity contribution < 1.29 is 18.0 Å². The second kappa shape index (κ2) is 9.40. The number of amides is 2. The van der Waals surface area contributed by atoms with Gasteiger partial charge in [-0.25, -0.2) is 8.42 Å². The van der Waals surface area contributed by atoms with Crippen molar-refractivity contribution in [2.24, 2.45) is 0 Å². The van der Waals surface area contributed by atoms with Crippen molar-refractivity contribution in [2.75, 3.05) is 23.7 Å². The first-order valence-electron chi connectivity index (χ1n) is 10.1. The van der Waals surface area contributed by atoms with Crippen LogP contribution in [0.1, 0.15) is 48.5 Å². The minimum Gasteiger partial charge on any atom is -0.326 e. The van der Waals surface area contributed by atoms with Gasteiger partial charge in [0.25, 0.3) is 5.91 Å². The molecule has 2 aromatic rings. The van der Waals surface area contributed by atoms with Crippen LogP contribution >= 0.6 is 0 Å². The normalized spacial score (nSPS) is 14.9. The number of nitrogens with zero attached hydrogens (tertiary/aromatic N) is 1. The highest BCUT2D eigenvalue weighted by molar-refractivity contribution is 7.89. The molecule has 0 radical (unpaired) electrons. The zero-order valence-electron chi connectivity index (χ0n) is 17.3. The van der Waals surface area contributed by atoms with Gasteiger partial charge in [0.15, 0.2) is 0 Å². The summed E-state index contributed by atoms with van der Waals surface area (Å²) in [6.45, 7) is 4.60. The third kappa shape index (κ3) is 5.06. The van der Waals surface area contributed by atoms with Crippen LogP contribution < -0.4 is 10.6 Å². The molecule has 8 heteroatoms. The zero-order valence-corrected chi connectivity index (χ0v) is 18.1. The number of carbonyl (C=O) groups excluding carboxylic acids is 2. The molecule has 30 heavy (non-hydrogen) atoms. The maximum atomic E-state index is 13.0. The van der Waals surface area contributed by atoms with Gasteiger partial charge in [-0.2, -0.15) is 4.31 Å². The zero-order chi connectivity index (χ0) is 21.7. The summed E-state index contributed by atoms with van der Waals surface area (Å²) in [7, 11) is -3.59. The summed E-state index contributed by atoms with van der Waals surface area (Å²) < 4.78 is 27.4. The monoisotopic (exact) mass is 429 g/mol. The number of sulfonamides is 1. The van der Waals surface area contributed by atoms with Crippen molar-refractivity contribution in [3.63, 3.8) is 0 Å². The van der Waals surface area contributed by atoms with Gasteiger partial charge < -0.3 is 10.6 Å². The van der Waals surface area contributed by atoms with E-state index in [1.807, 2.05) is 6.92 Å². The Morgan fingerprint density at radius 1 is 1.00 bits per heavy atom. The lowest BCUT2D eigenvalue weighted by molar-refractivity contribution is -0.115. The molecule has 1 aliphatic rings. The molecule has 2 amide bonds. The molecule has 1 fully saturated rings. The number of benzene rings is 2. The molecule has 2 N–H and O–H groups in total. The minimum atomic E-state index is -3.59. The predicted molar refractivity (Wildman–Crippen MR) is 117 cm³/mol. The fourth-order valence-electron chi connectivity index (χ4n) is 3.33. The lowest BCUT2D eigenvalue weighted by Crippen LogP contribution is -2.35. The van der Waals surface area contributed by atoms with Crippen LogP contribution in [0, 0.1) is 6.92 Å². The van der Waals surface area contributed by atoms with Gasteiger partial charge in [-0.15, -0.1) is 0 Å². The van der Waals surface area contributed by atoms with Crippen LogP contribution in [0.3, 0.4) is 0 Å². The van der Waals surface area contributed by atoms with E-state index in [1.54, 1.807) is 43.3 Å². The number of aryl methyl sites for hydroxylation is 1. The Morgan fingerprint density at radius 2 is 1.73 bits per heavy atom. The van der Waals surface area contributed by atoms with Crippen LogP contribution in [0.5, 0.6) is 0 Å². The summed E-state index contributed by atoms with van der Waals surface area (Å²) in [5.41, 5.74) is 2.11. The van der Waals surface area contributed by atoms with E-state index in [1.165, 1.54) is 10.4 Å². The average Bonchev–Trinajstić information content (AvgIpc) is 2.75. The molecule has 0 unspecified atom stereocenters. The second-order valence-electron chi connectivity index (χ2n) is 7.38. The summed E-state index contributed by atoms with van der Waals surface area (Å²) in [6, 6.07) is 11.4. The van der Waals surface area contributed by atoms with Crippen molar-refractivity contribution in [3.05, 3.63) is 53.6 Å². The van der Waals surface area contributed by atoms with Gasteiger partial charge in [-0.05, 0) is 55.7 Å². The number of piperidine rings is 1. The quantitative estimate of drug-likeness (QED) is 0.731. The molecule has 0 saturated carbocycles. The molecule has 0 atom stereocenters. The Morgan fingerprint density at radius 3 is 2.43 bits per heavy atom. The summed E-state index contributed by atoms with van der Waals surface area (Å²) in [4.78, 5) is 24.5. The standard InChI is InChI=1S/C22H27N3O4S/c1-3-21(26)23-18-9-7-8-17(14-18)22(27)24-20-15-19(11-10-16(20)2)30(28,29)25-12-5-4-6-13-25/h7-11,14-15H,3-6,12-13H2,1-2H3,(H,23,26)(H,24,27). The fraction of sp³-hybridized carbons (Fsp3) is 0.364. The van der Waals surface area contributed by atoms with Crippen LogP contribution in [0.15, 0.2) is 47.4 Å². The van der Waals surface area contributed by atoms with Crippen LogP contribution in [-0.2, 0) is 14.8 Å². The van der Waals surface area contributed by atoms with Crippen molar-refractivity contribution in [3.8, 4) is 0 Å². The molecule has 1 saturated heterocycles. The largest absolute Gasteiger partial charge is 0.326 e. The summed E-state index contributed by atoms with van der Waals surface area (Å²) in [6.07, 6.45) is 3.10. The van der Waals surface area contributed by atoms with Crippen LogP contribution in [0.2, 0.25) is 0 Å². The summed E-state index contributed by atoms with van der Waals surface area (Å²) in [5.74, 6) is -0.516. The minimum absolute atomic E-state index is 0.140. The third-order valence-corrected chi connectivity index (χ3v) is 7.03. The van der Waals surface area contributed by atoms with Gasteiger partial charge >= 0.3 is 0 Å². The number of anilines is 2. The van der Waals surface area contributed by atoms with Gasteiger partial charge in [0.2, 0.25) is 15.9 Å². The highest BCUT2D eigenvalue weighted by Gasteiger charge is 2.26. The Bertz CT molecular complexity index is 1040. The van der Waals surface area contributed by atoms with Crippen molar-refractivity contribution in [1.29, 1.82) is 0 Å². The topological polar surface area (TPSA) is 95.6 Å². The molecule has 0 aliphatic carbocycles. The first-order valence-corrected chi connectivity index (χ1v) is 11.6. The predicted octanol–water partition coefficient (Wildman–Crippen LogP) is 3.77. The SMILES string of the molecule is CCC(=O)Nc1cccc(C(=O)Nc2cc(S(=O)(=O)N3CCCCC3)ccc2C)c1. The molecule has 3 rings (SSSR count). The fourth-order valence-corrected chi connectivity index (χ4v) is 4.88. The molecule has 0 bridgehead atoms. The highest BCUT2D eigenvalue weighted by atomic mass is 32.2. The molecular formula is C22H27N3O4S. The Labute approximate surface area is 177 Å². The molecule has 7 nitrogen and oxygen atoms in total. The molecule has 2 aromatic carbocycles. The smallest absolute Gasteiger partial charge is 0.255 e. The van der Waals surface area contributed by atoms with Crippen molar-refractivity contribution >= 4 is 33.2 Å². The van der Waals surface area contributed by atoms with Crippen LogP contribution in [-0.4, -0.2) is 37.6 Å². The van der Waals surface area contributed by atoms with E-state index in [9.17, 15) is 18.0 Å². The van der Waals surface area contributed by atoms with Gasteiger partial charge in [0.1, 0.15) is 0 Å². The second-order valence-corrected chi connectivity index (χ2v) is 9.32. The highest BCUT2D eigenvalue weighted by Crippen LogP contribution is 2.25. The van der Waals surface area contributed by atoms with E-state index < -0.39 is 10.0 Å². The molecule has 160 valence electrons. The van der Waals surface area contributed by atoms with Crippen molar-refractivity contribution in [1.82, 2.24) is 4.31 Å². The number of nitrogens with one attached hydrogen (secondary N) is 2. The maximum absolute atomic E-state index is 13.0. The lowest BCUT2D eigenvalue weighted by atomic mass is 10.1. The lowest BCUT2D eigenvalue weighted by Gasteiger charge is -2.26. The first kappa shape index (κ1) is 22.0. The van der Waals surface area contributed by atoms with Gasteiger partial charge in [-0.3, -0.25) is 9.59 Å².